The van der Waals surface area contributed by atoms with E-state index in [0.29, 0.717) is 0 Å². The number of carbonyl (C=O) groups is 2. The van der Waals surface area contributed by atoms with Crippen LogP contribution in [0.2, 0.25) is 0 Å². The fourth-order valence-corrected chi connectivity index (χ4v) is 1.93. The van der Waals surface area contributed by atoms with Crippen molar-refractivity contribution in [3.63, 3.8) is 0 Å². The number of nitrogens with zero attached hydrogens (tertiary/aromatic N) is 1. The second-order valence-corrected chi connectivity index (χ2v) is 5.90. The molecule has 1 unspecified atom stereocenters. The summed E-state index contributed by atoms with van der Waals surface area (Å²) in [4.78, 5) is 24.8. The van der Waals surface area contributed by atoms with Crippen molar-refractivity contribution < 1.29 is 19.1 Å². The van der Waals surface area contributed by atoms with E-state index >= 15 is 0 Å². The first kappa shape index (κ1) is 17.0. The van der Waals surface area contributed by atoms with Crippen molar-refractivity contribution in [1.82, 2.24) is 4.90 Å². The number of carbonyl (C=O) groups excluding carboxylic acids is 2. The summed E-state index contributed by atoms with van der Waals surface area (Å²) in [7, 11) is 3.14. The Labute approximate surface area is 125 Å². The van der Waals surface area contributed by atoms with Crippen LogP contribution >= 0.6 is 0 Å². The maximum atomic E-state index is 12.1. The molecule has 1 rings (SSSR count). The largest absolute Gasteiger partial charge is 0.496 e. The summed E-state index contributed by atoms with van der Waals surface area (Å²) in [6, 6.07) is 4.69. The first-order chi connectivity index (χ1) is 9.69. The fourth-order valence-electron chi connectivity index (χ4n) is 1.93. The van der Waals surface area contributed by atoms with Crippen LogP contribution in [0.25, 0.3) is 0 Å². The molecule has 0 aliphatic rings. The van der Waals surface area contributed by atoms with Gasteiger partial charge in [-0.1, -0.05) is 6.07 Å². The number of ether oxygens (including phenoxy) is 2. The number of likely N-dealkylation sites (N-methyl/N-ethyl adjacent to an activating group) is 1. The first-order valence-electron chi connectivity index (χ1n) is 6.75. The van der Waals surface area contributed by atoms with Crippen molar-refractivity contribution in [1.29, 1.82) is 0 Å². The normalized spacial score (nSPS) is 12.5. The van der Waals surface area contributed by atoms with Crippen LogP contribution in [0.5, 0.6) is 5.75 Å². The van der Waals surface area contributed by atoms with E-state index in [1.54, 1.807) is 47.1 Å². The van der Waals surface area contributed by atoms with Gasteiger partial charge in [0.05, 0.1) is 7.11 Å². The monoisotopic (exact) mass is 293 g/mol. The van der Waals surface area contributed by atoms with Gasteiger partial charge in [-0.25, -0.2) is 4.79 Å². The molecule has 0 heterocycles. The molecule has 5 nitrogen and oxygen atoms in total. The maximum Gasteiger partial charge on any atom is 0.410 e. The van der Waals surface area contributed by atoms with Gasteiger partial charge in [0.1, 0.15) is 23.7 Å². The minimum atomic E-state index is -0.690. The SMILES string of the molecule is COc1ccc(C(C=O)N(C)C(=O)OC(C)(C)C)cc1C. The van der Waals surface area contributed by atoms with E-state index in [2.05, 4.69) is 0 Å². The summed E-state index contributed by atoms with van der Waals surface area (Å²) in [5.74, 6) is 0.739. The summed E-state index contributed by atoms with van der Waals surface area (Å²) in [6.45, 7) is 7.24. The lowest BCUT2D eigenvalue weighted by atomic mass is 10.0. The molecule has 0 bridgehead atoms. The number of rotatable bonds is 4. The van der Waals surface area contributed by atoms with Crippen molar-refractivity contribution in [2.45, 2.75) is 39.3 Å². The van der Waals surface area contributed by atoms with E-state index in [4.69, 9.17) is 9.47 Å². The Kier molecular flexibility index (Phi) is 5.35. The second-order valence-electron chi connectivity index (χ2n) is 5.90. The molecule has 21 heavy (non-hydrogen) atoms. The smallest absolute Gasteiger partial charge is 0.410 e. The van der Waals surface area contributed by atoms with Gasteiger partial charge in [0.15, 0.2) is 0 Å². The van der Waals surface area contributed by atoms with Crippen molar-refractivity contribution in [3.8, 4) is 5.75 Å². The number of methoxy groups -OCH3 is 1. The zero-order valence-electron chi connectivity index (χ0n) is 13.5. The number of hydrogen-bond acceptors (Lipinski definition) is 4. The van der Waals surface area contributed by atoms with Crippen molar-refractivity contribution in [2.24, 2.45) is 0 Å². The molecule has 5 heteroatoms. The van der Waals surface area contributed by atoms with E-state index < -0.39 is 17.7 Å². The number of benzene rings is 1. The summed E-state index contributed by atoms with van der Waals surface area (Å²) in [5.41, 5.74) is 1.02. The average Bonchev–Trinajstić information content (AvgIpc) is 2.37. The van der Waals surface area contributed by atoms with Crippen LogP contribution in [0.4, 0.5) is 4.79 Å². The Hall–Kier alpha value is -2.04. The molecule has 0 spiro atoms. The molecule has 0 saturated heterocycles. The summed E-state index contributed by atoms with van der Waals surface area (Å²) in [6.07, 6.45) is 0.193. The summed E-state index contributed by atoms with van der Waals surface area (Å²) in [5, 5.41) is 0. The molecule has 0 fully saturated rings. The van der Waals surface area contributed by atoms with E-state index in [-0.39, 0.29) is 0 Å². The van der Waals surface area contributed by atoms with Crippen LogP contribution in [-0.2, 0) is 9.53 Å². The lowest BCUT2D eigenvalue weighted by Crippen LogP contribution is -2.37. The first-order valence-corrected chi connectivity index (χ1v) is 6.75. The molecular formula is C16H23NO4. The Morgan fingerprint density at radius 1 is 1.33 bits per heavy atom. The Balaban J connectivity index is 2.99. The average molecular weight is 293 g/mol. The van der Waals surface area contributed by atoms with Crippen LogP contribution in [0, 0.1) is 6.92 Å². The second kappa shape index (κ2) is 6.61. The highest BCUT2D eigenvalue weighted by Crippen LogP contribution is 2.25. The Morgan fingerprint density at radius 3 is 2.38 bits per heavy atom. The van der Waals surface area contributed by atoms with Gasteiger partial charge in [-0.15, -0.1) is 0 Å². The number of amides is 1. The van der Waals surface area contributed by atoms with Gasteiger partial charge in [-0.3, -0.25) is 4.90 Å². The number of aldehydes is 1. The van der Waals surface area contributed by atoms with Crippen molar-refractivity contribution >= 4 is 12.4 Å². The number of hydrogen-bond donors (Lipinski definition) is 0. The predicted octanol–water partition coefficient (Wildman–Crippen LogP) is 3.11. The summed E-state index contributed by atoms with van der Waals surface area (Å²) >= 11 is 0. The lowest BCUT2D eigenvalue weighted by molar-refractivity contribution is -0.112. The molecule has 1 atom stereocenters. The molecule has 1 aromatic rings. The maximum absolute atomic E-state index is 12.1. The van der Waals surface area contributed by atoms with Crippen molar-refractivity contribution in [2.75, 3.05) is 14.2 Å². The molecule has 0 radical (unpaired) electrons. The molecule has 0 N–H and O–H groups in total. The number of aryl methyl sites for hydroxylation is 1. The zero-order chi connectivity index (χ0) is 16.2. The predicted molar refractivity (Wildman–Crippen MR) is 80.5 cm³/mol. The zero-order valence-corrected chi connectivity index (χ0v) is 13.5. The highest BCUT2D eigenvalue weighted by molar-refractivity contribution is 5.74. The van der Waals surface area contributed by atoms with Gasteiger partial charge in [-0.05, 0) is 51.0 Å². The van der Waals surface area contributed by atoms with Gasteiger partial charge in [0, 0.05) is 7.05 Å². The Bertz CT molecular complexity index is 519. The van der Waals surface area contributed by atoms with Gasteiger partial charge < -0.3 is 14.3 Å². The van der Waals surface area contributed by atoms with E-state index in [0.717, 1.165) is 23.2 Å². The van der Waals surface area contributed by atoms with Gasteiger partial charge in [-0.2, -0.15) is 0 Å². The summed E-state index contributed by atoms with van der Waals surface area (Å²) < 4.78 is 10.5. The molecule has 0 saturated carbocycles. The molecule has 1 aromatic carbocycles. The van der Waals surface area contributed by atoms with Crippen LogP contribution in [0.1, 0.15) is 37.9 Å². The highest BCUT2D eigenvalue weighted by Gasteiger charge is 2.26. The molecule has 116 valence electrons. The Morgan fingerprint density at radius 2 is 1.95 bits per heavy atom. The quantitative estimate of drug-likeness (QED) is 0.800. The van der Waals surface area contributed by atoms with Crippen molar-refractivity contribution in [3.05, 3.63) is 29.3 Å². The van der Waals surface area contributed by atoms with Gasteiger partial charge >= 0.3 is 6.09 Å². The molecule has 0 aliphatic heterocycles. The van der Waals surface area contributed by atoms with E-state index in [1.807, 2.05) is 13.0 Å². The van der Waals surface area contributed by atoms with Crippen LogP contribution in [0.15, 0.2) is 18.2 Å². The minimum Gasteiger partial charge on any atom is -0.496 e. The van der Waals surface area contributed by atoms with Gasteiger partial charge in [0.2, 0.25) is 0 Å². The van der Waals surface area contributed by atoms with Crippen LogP contribution in [0.3, 0.4) is 0 Å². The molecule has 1 amide bonds. The molecule has 0 aromatic heterocycles. The molecule has 0 aliphatic carbocycles. The molecular weight excluding hydrogens is 270 g/mol. The highest BCUT2D eigenvalue weighted by atomic mass is 16.6. The third-order valence-electron chi connectivity index (χ3n) is 2.99. The lowest BCUT2D eigenvalue weighted by Gasteiger charge is -2.28. The minimum absolute atomic E-state index is 0.534. The topological polar surface area (TPSA) is 55.8 Å². The van der Waals surface area contributed by atoms with Crippen LogP contribution < -0.4 is 4.74 Å². The third kappa shape index (κ3) is 4.48. The van der Waals surface area contributed by atoms with Gasteiger partial charge in [0.25, 0.3) is 0 Å². The van der Waals surface area contributed by atoms with E-state index in [1.165, 1.54) is 4.90 Å². The standard InChI is InChI=1S/C16H23NO4/c1-11-9-12(7-8-14(11)20-6)13(10-18)17(5)15(19)21-16(2,3)4/h7-10,13H,1-6H3. The fraction of sp³-hybridized carbons (Fsp3) is 0.500. The van der Waals surface area contributed by atoms with Crippen LogP contribution in [-0.4, -0.2) is 37.0 Å². The van der Waals surface area contributed by atoms with E-state index in [9.17, 15) is 9.59 Å². The third-order valence-corrected chi connectivity index (χ3v) is 2.99.